The van der Waals surface area contributed by atoms with Crippen molar-refractivity contribution in [3.63, 3.8) is 0 Å². The molecule has 102 valence electrons. The van der Waals surface area contributed by atoms with Gasteiger partial charge >= 0.3 is 0 Å². The van der Waals surface area contributed by atoms with Gasteiger partial charge < -0.3 is 5.32 Å². The number of hydrogen-bond acceptors (Lipinski definition) is 5. The maximum atomic E-state index is 9.27. The van der Waals surface area contributed by atoms with Crippen LogP contribution in [0.5, 0.6) is 0 Å². The van der Waals surface area contributed by atoms with E-state index in [4.69, 9.17) is 0 Å². The molecule has 0 aliphatic heterocycles. The minimum Gasteiger partial charge on any atom is -0.315 e. The van der Waals surface area contributed by atoms with Gasteiger partial charge in [-0.2, -0.15) is 5.26 Å². The number of aryl methyl sites for hydroxylation is 2. The number of hydrogen-bond donors (Lipinski definition) is 1. The molecule has 0 radical (unpaired) electrons. The number of pyridine rings is 1. The van der Waals surface area contributed by atoms with Gasteiger partial charge in [0, 0.05) is 11.1 Å². The minimum absolute atomic E-state index is 0.408. The first kappa shape index (κ1) is 13.1. The fourth-order valence-corrected chi connectivity index (χ4v) is 3.23. The molecule has 20 heavy (non-hydrogen) atoms. The molecule has 0 unspecified atom stereocenters. The smallest absolute Gasteiger partial charge is 0.188 e. The second kappa shape index (κ2) is 5.22. The number of aromatic nitrogens is 2. The van der Waals surface area contributed by atoms with Crippen molar-refractivity contribution in [2.45, 2.75) is 39.0 Å². The van der Waals surface area contributed by atoms with Gasteiger partial charge in [0.2, 0.25) is 0 Å². The first-order valence-electron chi connectivity index (χ1n) is 6.82. The topological polar surface area (TPSA) is 61.6 Å². The van der Waals surface area contributed by atoms with Crippen molar-refractivity contribution in [2.24, 2.45) is 0 Å². The van der Waals surface area contributed by atoms with Gasteiger partial charge in [0.1, 0.15) is 11.9 Å². The predicted molar refractivity (Wildman–Crippen MR) is 80.5 cm³/mol. The second-order valence-electron chi connectivity index (χ2n) is 5.31. The average molecular weight is 284 g/mol. The van der Waals surface area contributed by atoms with Crippen molar-refractivity contribution >= 4 is 22.3 Å². The number of nitriles is 1. The van der Waals surface area contributed by atoms with Crippen LogP contribution in [0.1, 0.15) is 48.7 Å². The largest absolute Gasteiger partial charge is 0.315 e. The minimum atomic E-state index is 0.408. The van der Waals surface area contributed by atoms with Gasteiger partial charge in [-0.25, -0.2) is 9.97 Å². The monoisotopic (exact) mass is 284 g/mol. The van der Waals surface area contributed by atoms with Gasteiger partial charge in [-0.1, -0.05) is 13.8 Å². The summed E-state index contributed by atoms with van der Waals surface area (Å²) < 4.78 is 0. The van der Waals surface area contributed by atoms with E-state index in [0.717, 1.165) is 35.8 Å². The van der Waals surface area contributed by atoms with Crippen LogP contribution in [0.3, 0.4) is 0 Å². The predicted octanol–water partition coefficient (Wildman–Crippen LogP) is 3.77. The molecule has 0 atom stereocenters. The molecule has 0 aromatic carbocycles. The molecule has 3 rings (SSSR count). The van der Waals surface area contributed by atoms with E-state index < -0.39 is 0 Å². The number of nitrogens with zero attached hydrogens (tertiary/aromatic N) is 3. The van der Waals surface area contributed by atoms with Crippen LogP contribution < -0.4 is 5.32 Å². The Morgan fingerprint density at radius 1 is 1.35 bits per heavy atom. The first-order valence-corrected chi connectivity index (χ1v) is 7.70. The molecule has 1 N–H and O–H groups in total. The Hall–Kier alpha value is -1.93. The van der Waals surface area contributed by atoms with Gasteiger partial charge in [-0.05, 0) is 36.8 Å². The lowest BCUT2D eigenvalue weighted by Crippen LogP contribution is -2.01. The lowest BCUT2D eigenvalue weighted by molar-refractivity contribution is 0.834. The summed E-state index contributed by atoms with van der Waals surface area (Å²) in [5, 5.41) is 15.3. The van der Waals surface area contributed by atoms with Crippen molar-refractivity contribution in [1.29, 1.82) is 5.26 Å². The van der Waals surface area contributed by atoms with Crippen molar-refractivity contribution in [2.75, 3.05) is 5.32 Å². The van der Waals surface area contributed by atoms with Gasteiger partial charge in [0.25, 0.3) is 0 Å². The third kappa shape index (κ3) is 2.39. The van der Waals surface area contributed by atoms with Crippen molar-refractivity contribution < 1.29 is 0 Å². The van der Waals surface area contributed by atoms with E-state index in [1.54, 1.807) is 11.3 Å². The van der Waals surface area contributed by atoms with E-state index in [2.05, 4.69) is 35.2 Å². The van der Waals surface area contributed by atoms with Crippen LogP contribution in [0.2, 0.25) is 0 Å². The molecule has 0 amide bonds. The van der Waals surface area contributed by atoms with Crippen LogP contribution >= 0.6 is 11.3 Å². The molecule has 0 bridgehead atoms. The molecular formula is C15H16N4S. The molecule has 0 spiro atoms. The summed E-state index contributed by atoms with van der Waals surface area (Å²) in [6.45, 7) is 4.24. The quantitative estimate of drug-likeness (QED) is 0.932. The van der Waals surface area contributed by atoms with Crippen molar-refractivity contribution in [3.05, 3.63) is 34.0 Å². The number of rotatable bonds is 3. The summed E-state index contributed by atoms with van der Waals surface area (Å²) in [6.07, 6.45) is 3.17. The lowest BCUT2D eigenvalue weighted by atomic mass is 10.1. The maximum Gasteiger partial charge on any atom is 0.188 e. The summed E-state index contributed by atoms with van der Waals surface area (Å²) in [5.74, 6) is 1.04. The molecular weight excluding hydrogens is 268 g/mol. The maximum absolute atomic E-state index is 9.27. The second-order valence-corrected chi connectivity index (χ2v) is 6.17. The molecule has 0 fully saturated rings. The Bertz CT molecular complexity index is 682. The van der Waals surface area contributed by atoms with Crippen molar-refractivity contribution in [1.82, 2.24) is 9.97 Å². The molecule has 0 saturated carbocycles. The highest BCUT2D eigenvalue weighted by molar-refractivity contribution is 7.13. The highest BCUT2D eigenvalue weighted by atomic mass is 32.1. The van der Waals surface area contributed by atoms with E-state index in [9.17, 15) is 5.26 Å². The Morgan fingerprint density at radius 3 is 2.90 bits per heavy atom. The molecule has 0 saturated heterocycles. The molecule has 5 heteroatoms. The molecule has 1 aliphatic carbocycles. The van der Waals surface area contributed by atoms with Gasteiger partial charge in [0.05, 0.1) is 11.3 Å². The van der Waals surface area contributed by atoms with Crippen LogP contribution in [0.25, 0.3) is 0 Å². The lowest BCUT2D eigenvalue weighted by Gasteiger charge is -2.07. The summed E-state index contributed by atoms with van der Waals surface area (Å²) in [4.78, 5) is 9.14. The molecule has 1 aliphatic rings. The Morgan fingerprint density at radius 2 is 2.20 bits per heavy atom. The highest BCUT2D eigenvalue weighted by Gasteiger charge is 2.17. The van der Waals surface area contributed by atoms with Gasteiger partial charge in [-0.3, -0.25) is 0 Å². The van der Waals surface area contributed by atoms with Gasteiger partial charge in [-0.15, -0.1) is 11.3 Å². The number of nitrogens with one attached hydrogen (secondary N) is 1. The molecule has 4 nitrogen and oxygen atoms in total. The SMILES string of the molecule is CC(C)c1csc(Nc2nc3c(cc2C#N)CCC3)n1. The summed E-state index contributed by atoms with van der Waals surface area (Å²) in [6, 6.07) is 4.19. The third-order valence-corrected chi connectivity index (χ3v) is 4.29. The van der Waals surface area contributed by atoms with E-state index in [1.807, 2.05) is 11.4 Å². The fourth-order valence-electron chi connectivity index (χ4n) is 2.36. The molecule has 2 aromatic rings. The van der Waals surface area contributed by atoms with E-state index in [-0.39, 0.29) is 0 Å². The Balaban J connectivity index is 1.92. The average Bonchev–Trinajstić information content (AvgIpc) is 3.06. The van der Waals surface area contributed by atoms with Crippen LogP contribution in [-0.2, 0) is 12.8 Å². The van der Waals surface area contributed by atoms with E-state index >= 15 is 0 Å². The summed E-state index contributed by atoms with van der Waals surface area (Å²) in [5.41, 5.74) is 4.00. The Kier molecular flexibility index (Phi) is 3.41. The Labute approximate surface area is 122 Å². The van der Waals surface area contributed by atoms with Crippen LogP contribution in [-0.4, -0.2) is 9.97 Å². The number of anilines is 2. The zero-order chi connectivity index (χ0) is 14.1. The number of fused-ring (bicyclic) bond motifs is 1. The summed E-state index contributed by atoms with van der Waals surface area (Å²) in [7, 11) is 0. The fraction of sp³-hybridized carbons (Fsp3) is 0.400. The zero-order valence-electron chi connectivity index (χ0n) is 11.6. The zero-order valence-corrected chi connectivity index (χ0v) is 12.4. The normalized spacial score (nSPS) is 13.3. The van der Waals surface area contributed by atoms with Crippen LogP contribution in [0.15, 0.2) is 11.4 Å². The van der Waals surface area contributed by atoms with Gasteiger partial charge in [0.15, 0.2) is 5.13 Å². The van der Waals surface area contributed by atoms with E-state index in [0.29, 0.717) is 17.3 Å². The summed E-state index contributed by atoms with van der Waals surface area (Å²) >= 11 is 1.55. The molecule has 2 aromatic heterocycles. The highest BCUT2D eigenvalue weighted by Crippen LogP contribution is 2.29. The van der Waals surface area contributed by atoms with Crippen LogP contribution in [0, 0.1) is 11.3 Å². The van der Waals surface area contributed by atoms with E-state index in [1.165, 1.54) is 5.56 Å². The van der Waals surface area contributed by atoms with Crippen LogP contribution in [0.4, 0.5) is 10.9 Å². The third-order valence-electron chi connectivity index (χ3n) is 3.51. The molecule has 2 heterocycles. The number of thiazole rings is 1. The van der Waals surface area contributed by atoms with Crippen molar-refractivity contribution in [3.8, 4) is 6.07 Å². The standard InChI is InChI=1S/C15H16N4S/c1-9(2)13-8-20-15(18-13)19-14-11(7-16)6-10-4-3-5-12(10)17-14/h6,8-9H,3-5H2,1-2H3,(H,17,18,19). The first-order chi connectivity index (χ1) is 9.67.